The van der Waals surface area contributed by atoms with Gasteiger partial charge in [0.25, 0.3) is 11.8 Å². The molecule has 0 aliphatic carbocycles. The van der Waals surface area contributed by atoms with Crippen molar-refractivity contribution in [3.63, 3.8) is 0 Å². The number of carbonyl (C=O) groups is 5. The molecule has 0 unspecified atom stereocenters. The Kier molecular flexibility index (Phi) is 17.3. The number of carbonyl (C=O) groups excluding carboxylic acids is 5. The highest BCUT2D eigenvalue weighted by atomic mass is 35.5. The second-order valence-electron chi connectivity index (χ2n) is 15.5. The average Bonchev–Trinajstić information content (AvgIpc) is 3.18. The van der Waals surface area contributed by atoms with E-state index in [2.05, 4.69) is 5.32 Å². The van der Waals surface area contributed by atoms with Gasteiger partial charge in [0.05, 0.1) is 7.11 Å². The lowest BCUT2D eigenvalue weighted by Gasteiger charge is -2.32. The lowest BCUT2D eigenvalue weighted by atomic mass is 9.81. The van der Waals surface area contributed by atoms with Crippen LogP contribution in [0.1, 0.15) is 63.8 Å². The maximum Gasteiger partial charge on any atom is 0.405 e. The van der Waals surface area contributed by atoms with Crippen LogP contribution in [0.4, 0.5) is 30.7 Å². The number of aliphatic hydroxyl groups excluding tert-OH is 1. The van der Waals surface area contributed by atoms with E-state index in [0.717, 1.165) is 17.4 Å². The molecule has 0 aliphatic rings. The lowest BCUT2D eigenvalue weighted by Crippen LogP contribution is -2.54. The second-order valence-corrected chi connectivity index (χ2v) is 15.9. The van der Waals surface area contributed by atoms with Crippen molar-refractivity contribution >= 4 is 41.1 Å². The molecule has 62 heavy (non-hydrogen) atoms. The summed E-state index contributed by atoms with van der Waals surface area (Å²) in [5, 5.41) is 16.0. The van der Waals surface area contributed by atoms with Crippen LogP contribution in [-0.4, -0.2) is 84.7 Å². The second kappa shape index (κ2) is 21.1. The number of ketones is 1. The summed E-state index contributed by atoms with van der Waals surface area (Å²) in [4.78, 5) is 65.8. The van der Waals surface area contributed by atoms with Crippen molar-refractivity contribution in [2.75, 3.05) is 20.3 Å². The number of hydrogen-bond acceptors (Lipinski definition) is 9. The summed E-state index contributed by atoms with van der Waals surface area (Å²) in [6.07, 6.45) is -9.54. The Morgan fingerprint density at radius 2 is 1.40 bits per heavy atom. The molecule has 0 heterocycles. The zero-order valence-corrected chi connectivity index (χ0v) is 35.1. The Hall–Kier alpha value is -5.43. The molecule has 4 N–H and O–H groups in total. The zero-order chi connectivity index (χ0) is 46.8. The molecular formula is C42H47ClF7N3O9. The molecule has 3 aromatic carbocycles. The van der Waals surface area contributed by atoms with E-state index in [1.807, 2.05) is 5.32 Å². The highest BCUT2D eigenvalue weighted by Crippen LogP contribution is 2.34. The molecule has 0 bridgehead atoms. The van der Waals surface area contributed by atoms with Crippen LogP contribution >= 0.6 is 11.6 Å². The van der Waals surface area contributed by atoms with Gasteiger partial charge in [-0.05, 0) is 74.2 Å². The van der Waals surface area contributed by atoms with Gasteiger partial charge in [-0.2, -0.15) is 30.7 Å². The Morgan fingerprint density at radius 3 is 1.94 bits per heavy atom. The number of methoxy groups -OCH3 is 1. The van der Waals surface area contributed by atoms with Crippen LogP contribution in [0.15, 0.2) is 72.8 Å². The zero-order valence-electron chi connectivity index (χ0n) is 34.4. The van der Waals surface area contributed by atoms with Crippen molar-refractivity contribution in [1.82, 2.24) is 16.0 Å². The largest absolute Gasteiger partial charge is 0.497 e. The third-order valence-electron chi connectivity index (χ3n) is 9.11. The van der Waals surface area contributed by atoms with E-state index in [1.54, 1.807) is 20.8 Å². The van der Waals surface area contributed by atoms with E-state index < -0.39 is 115 Å². The number of alkyl halides is 7. The summed E-state index contributed by atoms with van der Waals surface area (Å²) in [5.74, 6) is -18.8. The third kappa shape index (κ3) is 14.9. The van der Waals surface area contributed by atoms with Crippen LogP contribution in [0.5, 0.6) is 11.5 Å². The minimum absolute atomic E-state index is 0.00310. The lowest BCUT2D eigenvalue weighted by molar-refractivity contribution is -0.178. The fraction of sp³-hybridized carbons (Fsp3) is 0.452. The van der Waals surface area contributed by atoms with E-state index in [4.69, 9.17) is 25.8 Å². The predicted octanol–water partition coefficient (Wildman–Crippen LogP) is 6.65. The maximum absolute atomic E-state index is 15.6. The highest BCUT2D eigenvalue weighted by Gasteiger charge is 2.52. The molecule has 0 saturated carbocycles. The number of Topliss-reactive ketones (excluding diaryl/α,β-unsaturated/α-hetero) is 1. The molecule has 20 heteroatoms. The molecule has 4 atom stereocenters. The number of hydrogen-bond donors (Lipinski definition) is 4. The number of rotatable bonds is 20. The van der Waals surface area contributed by atoms with Gasteiger partial charge < -0.3 is 35.3 Å². The smallest absolute Gasteiger partial charge is 0.405 e. The number of benzene rings is 3. The van der Waals surface area contributed by atoms with Crippen molar-refractivity contribution < 1.29 is 74.0 Å². The fourth-order valence-electron chi connectivity index (χ4n) is 5.90. The first-order valence-electron chi connectivity index (χ1n) is 18.9. The number of aliphatic hydroxyl groups is 1. The summed E-state index contributed by atoms with van der Waals surface area (Å²) in [7, 11) is 1.32. The molecule has 3 aromatic rings. The van der Waals surface area contributed by atoms with Crippen molar-refractivity contribution in [2.24, 2.45) is 11.8 Å². The summed E-state index contributed by atoms with van der Waals surface area (Å²) in [6, 6.07) is 11.5. The van der Waals surface area contributed by atoms with Gasteiger partial charge in [-0.15, -0.1) is 0 Å². The van der Waals surface area contributed by atoms with E-state index in [-0.39, 0.29) is 27.6 Å². The average molecular weight is 906 g/mol. The van der Waals surface area contributed by atoms with Crippen LogP contribution in [0, 0.1) is 11.8 Å². The molecule has 12 nitrogen and oxygen atoms in total. The first kappa shape index (κ1) is 50.9. The Balaban J connectivity index is 2.00. The Morgan fingerprint density at radius 1 is 0.806 bits per heavy atom. The van der Waals surface area contributed by atoms with E-state index >= 15 is 17.6 Å². The number of ether oxygens (including phenoxy) is 3. The minimum Gasteiger partial charge on any atom is -0.497 e. The van der Waals surface area contributed by atoms with Crippen molar-refractivity contribution in [1.29, 1.82) is 0 Å². The van der Waals surface area contributed by atoms with Crippen molar-refractivity contribution in [2.45, 2.75) is 89.3 Å². The van der Waals surface area contributed by atoms with Gasteiger partial charge in [-0.25, -0.2) is 4.79 Å². The maximum atomic E-state index is 15.6. The van der Waals surface area contributed by atoms with Crippen LogP contribution in [-0.2, 0) is 41.1 Å². The standard InChI is InChI=1S/C42H47ClF7N3O9/c1-23(2)30(35(56)42(49,50)37(58)51-22-40(44,45)46)20-32(54)34(25-12-16-28(60-6)17-13-25)53-36(57)31(52-38(59)41(47,48)26-8-7-9-27(43)19-26)18-24-10-14-29(15-11-24)61-21-33(55)62-39(3,4)5/h7-17,19,23,30-31,34-35,56H,18,20-22H2,1-6H3,(H,51,58)(H,52,59)(H,53,57)/t30-,31-,34-,35+/m0/s1. The number of halogens is 8. The van der Waals surface area contributed by atoms with Gasteiger partial charge in [-0.3, -0.25) is 19.2 Å². The van der Waals surface area contributed by atoms with E-state index in [1.165, 1.54) is 81.6 Å². The van der Waals surface area contributed by atoms with Crippen LogP contribution in [0.25, 0.3) is 0 Å². The molecule has 0 spiro atoms. The predicted molar refractivity (Wildman–Crippen MR) is 211 cm³/mol. The van der Waals surface area contributed by atoms with Crippen LogP contribution in [0.3, 0.4) is 0 Å². The fourth-order valence-corrected chi connectivity index (χ4v) is 6.09. The topological polar surface area (TPSA) is 169 Å². The summed E-state index contributed by atoms with van der Waals surface area (Å²) in [5.41, 5.74) is -1.35. The van der Waals surface area contributed by atoms with Gasteiger partial charge in [0.2, 0.25) is 5.91 Å². The summed E-state index contributed by atoms with van der Waals surface area (Å²) >= 11 is 5.89. The van der Waals surface area contributed by atoms with Crippen molar-refractivity contribution in [3.8, 4) is 11.5 Å². The molecule has 0 aromatic heterocycles. The quantitative estimate of drug-likeness (QED) is 0.0717. The Bertz CT molecular complexity index is 2030. The van der Waals surface area contributed by atoms with Gasteiger partial charge in [-0.1, -0.05) is 61.8 Å². The summed E-state index contributed by atoms with van der Waals surface area (Å²) in [6.45, 7) is 4.99. The van der Waals surface area contributed by atoms with Crippen molar-refractivity contribution in [3.05, 3.63) is 94.5 Å². The minimum atomic E-state index is -5.06. The third-order valence-corrected chi connectivity index (χ3v) is 9.35. The normalized spacial score (nSPS) is 14.2. The SMILES string of the molecule is COc1ccc([C@H](NC(=O)[C@H](Cc2ccc(OCC(=O)OC(C)(C)C)cc2)NC(=O)C(F)(F)c2cccc(Cl)c2)C(=O)C[C@@H](C(C)C)[C@@H](O)C(F)(F)C(=O)NCC(F)(F)F)cc1. The van der Waals surface area contributed by atoms with Crippen LogP contribution in [0.2, 0.25) is 5.02 Å². The number of amides is 3. The van der Waals surface area contributed by atoms with Gasteiger partial charge in [0.1, 0.15) is 41.8 Å². The molecule has 0 saturated heterocycles. The molecule has 0 fully saturated rings. The van der Waals surface area contributed by atoms with Gasteiger partial charge in [0, 0.05) is 29.3 Å². The molecule has 3 amide bonds. The van der Waals surface area contributed by atoms with E-state index in [9.17, 15) is 42.3 Å². The monoisotopic (exact) mass is 905 g/mol. The first-order chi connectivity index (χ1) is 28.6. The highest BCUT2D eigenvalue weighted by molar-refractivity contribution is 6.30. The van der Waals surface area contributed by atoms with Crippen LogP contribution < -0.4 is 25.4 Å². The number of esters is 1. The molecule has 340 valence electrons. The molecule has 0 aliphatic heterocycles. The Labute approximate surface area is 357 Å². The molecular weight excluding hydrogens is 859 g/mol. The van der Waals surface area contributed by atoms with E-state index in [0.29, 0.717) is 0 Å². The first-order valence-corrected chi connectivity index (χ1v) is 19.3. The molecule has 3 rings (SSSR count). The number of nitrogens with one attached hydrogen (secondary N) is 3. The molecule has 0 radical (unpaired) electrons. The van der Waals surface area contributed by atoms with Gasteiger partial charge in [0.15, 0.2) is 12.4 Å². The summed E-state index contributed by atoms with van der Waals surface area (Å²) < 4.78 is 115. The van der Waals surface area contributed by atoms with Gasteiger partial charge >= 0.3 is 24.0 Å².